The van der Waals surface area contributed by atoms with E-state index in [0.29, 0.717) is 23.6 Å². The zero-order valence-corrected chi connectivity index (χ0v) is 16.8. The molecule has 0 aliphatic heterocycles. The van der Waals surface area contributed by atoms with Crippen LogP contribution in [0.25, 0.3) is 5.69 Å². The minimum Gasteiger partial charge on any atom is -0.507 e. The molecule has 0 spiro atoms. The fraction of sp³-hybridized carbons (Fsp3) is 0.174. The smallest absolute Gasteiger partial charge is 0.273 e. The first-order valence-corrected chi connectivity index (χ1v) is 9.60. The molecule has 2 aromatic carbocycles. The Hall–Kier alpha value is -3.36. The standard InChI is InChI=1S/C23H19ClN2O3/c1-3-14-6-5-7-15(4-2)21(14)26-13-17(10-16(12-25)23(26)29)22(28)19-11-18(24)8-9-20(19)27/h5-11,13,27H,3-4H2,1-2H3. The molecular formula is C23H19ClN2O3. The van der Waals surface area contributed by atoms with E-state index >= 15 is 0 Å². The van der Waals surface area contributed by atoms with Gasteiger partial charge in [-0.15, -0.1) is 0 Å². The maximum Gasteiger partial charge on any atom is 0.273 e. The van der Waals surface area contributed by atoms with E-state index in [-0.39, 0.29) is 22.4 Å². The van der Waals surface area contributed by atoms with Crippen LogP contribution < -0.4 is 5.56 Å². The average Bonchev–Trinajstić information content (AvgIpc) is 2.74. The summed E-state index contributed by atoms with van der Waals surface area (Å²) in [6, 6.07) is 13.1. The number of rotatable bonds is 5. The average molecular weight is 407 g/mol. The Bertz CT molecular complexity index is 1180. The zero-order valence-electron chi connectivity index (χ0n) is 16.1. The molecule has 5 nitrogen and oxygen atoms in total. The highest BCUT2D eigenvalue weighted by atomic mass is 35.5. The second kappa shape index (κ2) is 8.34. The predicted molar refractivity (Wildman–Crippen MR) is 112 cm³/mol. The first-order chi connectivity index (χ1) is 13.9. The lowest BCUT2D eigenvalue weighted by Gasteiger charge is -2.17. The minimum atomic E-state index is -0.526. The van der Waals surface area contributed by atoms with E-state index in [2.05, 4.69) is 0 Å². The molecule has 1 aromatic heterocycles. The Kier molecular flexibility index (Phi) is 5.86. The van der Waals surface area contributed by atoms with Gasteiger partial charge in [-0.2, -0.15) is 5.26 Å². The third kappa shape index (κ3) is 3.80. The molecule has 0 bridgehead atoms. The number of carbonyl (C=O) groups is 1. The molecular weight excluding hydrogens is 388 g/mol. The van der Waals surface area contributed by atoms with Crippen LogP contribution in [0.2, 0.25) is 5.02 Å². The lowest BCUT2D eigenvalue weighted by molar-refractivity contribution is 0.103. The number of aromatic nitrogens is 1. The number of aryl methyl sites for hydroxylation is 2. The lowest BCUT2D eigenvalue weighted by Crippen LogP contribution is -2.24. The van der Waals surface area contributed by atoms with Gasteiger partial charge >= 0.3 is 0 Å². The van der Waals surface area contributed by atoms with Crippen LogP contribution in [0.5, 0.6) is 5.75 Å². The van der Waals surface area contributed by atoms with Gasteiger partial charge in [-0.1, -0.05) is 43.6 Å². The Morgan fingerprint density at radius 1 is 1.14 bits per heavy atom. The Labute approximate surface area is 173 Å². The number of carbonyl (C=O) groups excluding carboxylic acids is 1. The molecule has 6 heteroatoms. The number of halogens is 1. The quantitative estimate of drug-likeness (QED) is 0.635. The van der Waals surface area contributed by atoms with Crippen molar-refractivity contribution in [1.82, 2.24) is 4.57 Å². The van der Waals surface area contributed by atoms with Gasteiger partial charge in [-0.25, -0.2) is 0 Å². The molecule has 0 atom stereocenters. The third-order valence-electron chi connectivity index (χ3n) is 4.81. The summed E-state index contributed by atoms with van der Waals surface area (Å²) in [7, 11) is 0. The van der Waals surface area contributed by atoms with Crippen LogP contribution in [0.4, 0.5) is 0 Å². The molecule has 0 unspecified atom stereocenters. The van der Waals surface area contributed by atoms with Crippen molar-refractivity contribution in [3.8, 4) is 17.5 Å². The number of nitriles is 1. The number of benzene rings is 2. The largest absolute Gasteiger partial charge is 0.507 e. The highest BCUT2D eigenvalue weighted by Gasteiger charge is 2.20. The van der Waals surface area contributed by atoms with Gasteiger partial charge in [0.15, 0.2) is 5.78 Å². The second-order valence-corrected chi connectivity index (χ2v) is 6.99. The SMILES string of the molecule is CCc1cccc(CC)c1-n1cc(C(=O)c2cc(Cl)ccc2O)cc(C#N)c1=O. The Morgan fingerprint density at radius 2 is 1.79 bits per heavy atom. The molecule has 1 N–H and O–H groups in total. The van der Waals surface area contributed by atoms with Gasteiger partial charge < -0.3 is 5.11 Å². The van der Waals surface area contributed by atoms with Crippen LogP contribution in [0.1, 0.15) is 46.5 Å². The van der Waals surface area contributed by atoms with Crippen molar-refractivity contribution in [1.29, 1.82) is 5.26 Å². The van der Waals surface area contributed by atoms with Crippen molar-refractivity contribution in [2.45, 2.75) is 26.7 Å². The molecule has 0 fully saturated rings. The normalized spacial score (nSPS) is 10.6. The van der Waals surface area contributed by atoms with Crippen molar-refractivity contribution >= 4 is 17.4 Å². The van der Waals surface area contributed by atoms with E-state index in [9.17, 15) is 20.0 Å². The van der Waals surface area contributed by atoms with Crippen LogP contribution >= 0.6 is 11.6 Å². The number of phenolic OH excluding ortho intramolecular Hbond substituents is 1. The zero-order chi connectivity index (χ0) is 21.1. The molecule has 0 radical (unpaired) electrons. The fourth-order valence-corrected chi connectivity index (χ4v) is 3.49. The number of hydrogen-bond donors (Lipinski definition) is 1. The van der Waals surface area contributed by atoms with Gasteiger partial charge in [0.25, 0.3) is 5.56 Å². The first-order valence-electron chi connectivity index (χ1n) is 9.22. The molecule has 3 aromatic rings. The van der Waals surface area contributed by atoms with Gasteiger partial charge in [-0.3, -0.25) is 14.2 Å². The number of para-hydroxylation sites is 1. The molecule has 0 amide bonds. The van der Waals surface area contributed by atoms with Gasteiger partial charge in [-0.05, 0) is 48.2 Å². The van der Waals surface area contributed by atoms with Crippen LogP contribution in [0.3, 0.4) is 0 Å². The number of hydrogen-bond acceptors (Lipinski definition) is 4. The van der Waals surface area contributed by atoms with Crippen molar-refractivity contribution in [3.05, 3.63) is 91.9 Å². The predicted octanol–water partition coefficient (Wildman–Crippen LogP) is 4.42. The molecule has 0 saturated heterocycles. The molecule has 0 aliphatic rings. The van der Waals surface area contributed by atoms with Gasteiger partial charge in [0, 0.05) is 16.8 Å². The topological polar surface area (TPSA) is 83.1 Å². The minimum absolute atomic E-state index is 0.00563. The summed E-state index contributed by atoms with van der Waals surface area (Å²) >= 11 is 5.97. The monoisotopic (exact) mass is 406 g/mol. The van der Waals surface area contributed by atoms with Gasteiger partial charge in [0.2, 0.25) is 0 Å². The van der Waals surface area contributed by atoms with E-state index in [1.54, 1.807) is 0 Å². The number of aromatic hydroxyl groups is 1. The molecule has 1 heterocycles. The number of nitrogens with zero attached hydrogens (tertiary/aromatic N) is 2. The molecule has 0 aliphatic carbocycles. The molecule has 146 valence electrons. The fourth-order valence-electron chi connectivity index (χ4n) is 3.32. The Morgan fingerprint density at radius 3 is 2.38 bits per heavy atom. The third-order valence-corrected chi connectivity index (χ3v) is 5.04. The van der Waals surface area contributed by atoms with Crippen molar-refractivity contribution in [3.63, 3.8) is 0 Å². The van der Waals surface area contributed by atoms with E-state index in [4.69, 9.17) is 11.6 Å². The molecule has 3 rings (SSSR count). The van der Waals surface area contributed by atoms with Crippen LogP contribution in [0, 0.1) is 11.3 Å². The van der Waals surface area contributed by atoms with E-state index in [1.165, 1.54) is 35.0 Å². The van der Waals surface area contributed by atoms with Crippen LogP contribution in [-0.4, -0.2) is 15.5 Å². The second-order valence-electron chi connectivity index (χ2n) is 6.55. The highest BCUT2D eigenvalue weighted by molar-refractivity contribution is 6.31. The van der Waals surface area contributed by atoms with Crippen molar-refractivity contribution < 1.29 is 9.90 Å². The van der Waals surface area contributed by atoms with E-state index in [1.807, 2.05) is 38.1 Å². The molecule has 29 heavy (non-hydrogen) atoms. The number of phenols is 1. The molecule has 0 saturated carbocycles. The summed E-state index contributed by atoms with van der Waals surface area (Å²) < 4.78 is 1.37. The van der Waals surface area contributed by atoms with Crippen molar-refractivity contribution in [2.24, 2.45) is 0 Å². The highest BCUT2D eigenvalue weighted by Crippen LogP contribution is 2.26. The Balaban J connectivity index is 2.30. The summed E-state index contributed by atoms with van der Waals surface area (Å²) in [6.07, 6.45) is 2.80. The number of pyridine rings is 1. The lowest BCUT2D eigenvalue weighted by atomic mass is 10.00. The summed E-state index contributed by atoms with van der Waals surface area (Å²) in [4.78, 5) is 26.0. The summed E-state index contributed by atoms with van der Waals surface area (Å²) in [5, 5.41) is 19.9. The van der Waals surface area contributed by atoms with Gasteiger partial charge in [0.05, 0.1) is 11.3 Å². The maximum atomic E-state index is 13.0. The van der Waals surface area contributed by atoms with E-state index in [0.717, 1.165) is 11.1 Å². The first kappa shape index (κ1) is 20.4. The van der Waals surface area contributed by atoms with Crippen LogP contribution in [-0.2, 0) is 12.8 Å². The summed E-state index contributed by atoms with van der Waals surface area (Å²) in [5.74, 6) is -0.749. The van der Waals surface area contributed by atoms with Crippen LogP contribution in [0.15, 0.2) is 53.5 Å². The van der Waals surface area contributed by atoms with E-state index < -0.39 is 11.3 Å². The summed E-state index contributed by atoms with van der Waals surface area (Å²) in [6.45, 7) is 3.96. The van der Waals surface area contributed by atoms with Crippen molar-refractivity contribution in [2.75, 3.05) is 0 Å². The number of ketones is 1. The maximum absolute atomic E-state index is 13.0. The van der Waals surface area contributed by atoms with Gasteiger partial charge in [0.1, 0.15) is 17.4 Å². The summed E-state index contributed by atoms with van der Waals surface area (Å²) in [5.41, 5.74) is 2.04.